The summed E-state index contributed by atoms with van der Waals surface area (Å²) in [6.07, 6.45) is 3.34. The van der Waals surface area contributed by atoms with Crippen molar-refractivity contribution in [2.24, 2.45) is 0 Å². The Morgan fingerprint density at radius 2 is 2.18 bits per heavy atom. The second-order valence-corrected chi connectivity index (χ2v) is 3.68. The number of aliphatic hydroxyl groups excluding tert-OH is 1. The van der Waals surface area contributed by atoms with Crippen molar-refractivity contribution in [1.82, 2.24) is 4.98 Å². The Morgan fingerprint density at radius 3 is 2.82 bits per heavy atom. The first-order chi connectivity index (χ1) is 8.29. The zero-order valence-corrected chi connectivity index (χ0v) is 9.18. The molecule has 0 aliphatic heterocycles. The van der Waals surface area contributed by atoms with Gasteiger partial charge in [-0.3, -0.25) is 4.98 Å². The Bertz CT molecular complexity index is 476. The third-order valence-electron chi connectivity index (χ3n) is 2.43. The fourth-order valence-electron chi connectivity index (χ4n) is 1.60. The summed E-state index contributed by atoms with van der Waals surface area (Å²) in [6, 6.07) is 9.51. The van der Waals surface area contributed by atoms with E-state index in [1.807, 2.05) is 6.07 Å². The molecule has 17 heavy (non-hydrogen) atoms. The van der Waals surface area contributed by atoms with Gasteiger partial charge in [0.1, 0.15) is 5.82 Å². The largest absolute Gasteiger partial charge is 0.394 e. The van der Waals surface area contributed by atoms with E-state index in [-0.39, 0.29) is 18.5 Å². The fraction of sp³-hybridized carbons (Fsp3) is 0.154. The van der Waals surface area contributed by atoms with Crippen LogP contribution < -0.4 is 5.32 Å². The number of aliphatic hydroxyl groups is 1. The number of rotatable bonds is 4. The zero-order valence-electron chi connectivity index (χ0n) is 9.18. The second-order valence-electron chi connectivity index (χ2n) is 3.68. The highest BCUT2D eigenvalue weighted by Gasteiger charge is 2.10. The van der Waals surface area contributed by atoms with E-state index in [4.69, 9.17) is 0 Å². The molecule has 88 valence electrons. The van der Waals surface area contributed by atoms with Crippen molar-refractivity contribution >= 4 is 5.69 Å². The minimum atomic E-state index is -0.308. The van der Waals surface area contributed by atoms with Crippen LogP contribution in [0.1, 0.15) is 11.6 Å². The van der Waals surface area contributed by atoms with Gasteiger partial charge in [-0.1, -0.05) is 12.1 Å². The summed E-state index contributed by atoms with van der Waals surface area (Å²) >= 11 is 0. The molecule has 1 unspecified atom stereocenters. The molecule has 0 fully saturated rings. The predicted octanol–water partition coefficient (Wildman–Crippen LogP) is 2.37. The highest BCUT2D eigenvalue weighted by Crippen LogP contribution is 2.18. The quantitative estimate of drug-likeness (QED) is 0.850. The van der Waals surface area contributed by atoms with Crippen LogP contribution in [0.3, 0.4) is 0 Å². The second kappa shape index (κ2) is 5.41. The van der Waals surface area contributed by atoms with Crippen molar-refractivity contribution in [2.75, 3.05) is 11.9 Å². The minimum Gasteiger partial charge on any atom is -0.394 e. The maximum atomic E-state index is 13.0. The molecule has 2 N–H and O–H groups in total. The molecule has 1 aromatic carbocycles. The van der Waals surface area contributed by atoms with Crippen LogP contribution in [-0.2, 0) is 0 Å². The lowest BCUT2D eigenvalue weighted by Gasteiger charge is -2.17. The van der Waals surface area contributed by atoms with Crippen LogP contribution in [0.15, 0.2) is 48.8 Å². The van der Waals surface area contributed by atoms with E-state index in [1.54, 1.807) is 30.6 Å². The highest BCUT2D eigenvalue weighted by molar-refractivity contribution is 5.45. The van der Waals surface area contributed by atoms with E-state index in [1.165, 1.54) is 12.1 Å². The Labute approximate surface area is 98.9 Å². The molecule has 0 aliphatic carbocycles. The number of nitrogens with one attached hydrogen (secondary N) is 1. The summed E-state index contributed by atoms with van der Waals surface area (Å²) in [6.45, 7) is -0.0811. The standard InChI is InChI=1S/C13H13FN2O/c14-11-4-1-5-12(7-11)16-13(9-17)10-3-2-6-15-8-10/h1-8,13,16-17H,9H2. The molecule has 1 aromatic heterocycles. The van der Waals surface area contributed by atoms with Crippen LogP contribution in [0.2, 0.25) is 0 Å². The van der Waals surface area contributed by atoms with Gasteiger partial charge in [-0.15, -0.1) is 0 Å². The van der Waals surface area contributed by atoms with E-state index in [0.717, 1.165) is 5.56 Å². The number of nitrogens with zero attached hydrogens (tertiary/aromatic N) is 1. The molecular formula is C13H13FN2O. The average Bonchev–Trinajstić information content (AvgIpc) is 2.37. The number of aromatic nitrogens is 1. The van der Waals surface area contributed by atoms with Gasteiger partial charge in [0, 0.05) is 18.1 Å². The van der Waals surface area contributed by atoms with Crippen LogP contribution in [0.25, 0.3) is 0 Å². The van der Waals surface area contributed by atoms with E-state index in [9.17, 15) is 9.50 Å². The molecule has 3 nitrogen and oxygen atoms in total. The summed E-state index contributed by atoms with van der Waals surface area (Å²) in [4.78, 5) is 3.99. The molecule has 2 rings (SSSR count). The Morgan fingerprint density at radius 1 is 1.29 bits per heavy atom. The molecule has 0 spiro atoms. The highest BCUT2D eigenvalue weighted by atomic mass is 19.1. The maximum Gasteiger partial charge on any atom is 0.125 e. The SMILES string of the molecule is OCC(Nc1cccc(F)c1)c1cccnc1. The monoisotopic (exact) mass is 232 g/mol. The Hall–Kier alpha value is -1.94. The fourth-order valence-corrected chi connectivity index (χ4v) is 1.60. The van der Waals surface area contributed by atoms with Gasteiger partial charge >= 0.3 is 0 Å². The maximum absolute atomic E-state index is 13.0. The number of anilines is 1. The first-order valence-corrected chi connectivity index (χ1v) is 5.32. The lowest BCUT2D eigenvalue weighted by molar-refractivity contribution is 0.276. The van der Waals surface area contributed by atoms with E-state index < -0.39 is 0 Å². The first kappa shape index (κ1) is 11.5. The first-order valence-electron chi connectivity index (χ1n) is 5.32. The molecule has 4 heteroatoms. The van der Waals surface area contributed by atoms with Crippen molar-refractivity contribution in [3.8, 4) is 0 Å². The van der Waals surface area contributed by atoms with Gasteiger partial charge in [0.2, 0.25) is 0 Å². The summed E-state index contributed by atoms with van der Waals surface area (Å²) in [5, 5.41) is 12.4. The number of pyridine rings is 1. The van der Waals surface area contributed by atoms with Crippen LogP contribution in [0.5, 0.6) is 0 Å². The number of hydrogen-bond donors (Lipinski definition) is 2. The summed E-state index contributed by atoms with van der Waals surface area (Å²) in [5.41, 5.74) is 1.49. The summed E-state index contributed by atoms with van der Waals surface area (Å²) in [5.74, 6) is -0.308. The summed E-state index contributed by atoms with van der Waals surface area (Å²) < 4.78 is 13.0. The van der Waals surface area contributed by atoms with Gasteiger partial charge in [-0.25, -0.2) is 4.39 Å². The Kier molecular flexibility index (Phi) is 3.67. The van der Waals surface area contributed by atoms with Crippen molar-refractivity contribution in [3.05, 3.63) is 60.2 Å². The smallest absolute Gasteiger partial charge is 0.125 e. The van der Waals surface area contributed by atoms with Gasteiger partial charge in [0.25, 0.3) is 0 Å². The number of benzene rings is 1. The van der Waals surface area contributed by atoms with Gasteiger partial charge in [0.15, 0.2) is 0 Å². The van der Waals surface area contributed by atoms with Gasteiger partial charge in [-0.05, 0) is 29.8 Å². The lowest BCUT2D eigenvalue weighted by Crippen LogP contribution is -2.15. The molecule has 0 saturated heterocycles. The third-order valence-corrected chi connectivity index (χ3v) is 2.43. The molecule has 0 amide bonds. The van der Waals surface area contributed by atoms with Crippen molar-refractivity contribution < 1.29 is 9.50 Å². The third kappa shape index (κ3) is 3.01. The summed E-state index contributed by atoms with van der Waals surface area (Å²) in [7, 11) is 0. The average molecular weight is 232 g/mol. The molecule has 1 atom stereocenters. The van der Waals surface area contributed by atoms with E-state index >= 15 is 0 Å². The topological polar surface area (TPSA) is 45.1 Å². The minimum absolute atomic E-state index is 0.0811. The van der Waals surface area contributed by atoms with Crippen LogP contribution in [0, 0.1) is 5.82 Å². The van der Waals surface area contributed by atoms with E-state index in [2.05, 4.69) is 10.3 Å². The van der Waals surface area contributed by atoms with Crippen molar-refractivity contribution in [1.29, 1.82) is 0 Å². The molecule has 0 aliphatic rings. The molecule has 0 saturated carbocycles. The molecule has 1 heterocycles. The van der Waals surface area contributed by atoms with Crippen LogP contribution >= 0.6 is 0 Å². The van der Waals surface area contributed by atoms with Gasteiger partial charge in [-0.2, -0.15) is 0 Å². The van der Waals surface area contributed by atoms with E-state index in [0.29, 0.717) is 5.69 Å². The normalized spacial score (nSPS) is 12.1. The van der Waals surface area contributed by atoms with Gasteiger partial charge < -0.3 is 10.4 Å². The van der Waals surface area contributed by atoms with Crippen molar-refractivity contribution in [2.45, 2.75) is 6.04 Å². The zero-order chi connectivity index (χ0) is 12.1. The molecular weight excluding hydrogens is 219 g/mol. The Balaban J connectivity index is 2.16. The van der Waals surface area contributed by atoms with Crippen molar-refractivity contribution in [3.63, 3.8) is 0 Å². The predicted molar refractivity (Wildman–Crippen MR) is 64.1 cm³/mol. The lowest BCUT2D eigenvalue weighted by atomic mass is 10.1. The molecule has 0 radical (unpaired) electrons. The number of hydrogen-bond acceptors (Lipinski definition) is 3. The van der Waals surface area contributed by atoms with Crippen LogP contribution in [0.4, 0.5) is 10.1 Å². The molecule has 0 bridgehead atoms. The van der Waals surface area contributed by atoms with Gasteiger partial charge in [0.05, 0.1) is 12.6 Å². The number of halogens is 1. The van der Waals surface area contributed by atoms with Crippen LogP contribution in [-0.4, -0.2) is 16.7 Å². The molecule has 2 aromatic rings.